The standard InChI is InChI=1S/C25H27N2S.ClH/c1-4-26(5-2)22-14-12-21(13-15-22)25-27(18-20-9-7-6-8-10-20)23-16-11-19(3)17-24(23)28-25;/h6-17H,4-5,18H2,1-3H3;1H/q+1;/p-1. The zero-order chi connectivity index (χ0) is 19.5. The Morgan fingerprint density at radius 3 is 2.21 bits per heavy atom. The van der Waals surface area contributed by atoms with Gasteiger partial charge in [0.25, 0.3) is 5.01 Å². The fourth-order valence-corrected chi connectivity index (χ4v) is 5.00. The fraction of sp³-hybridized carbons (Fsp3) is 0.240. The molecule has 0 aliphatic carbocycles. The Hall–Kier alpha value is -2.36. The summed E-state index contributed by atoms with van der Waals surface area (Å²) in [5, 5.41) is 1.32. The Balaban J connectivity index is 0.00000240. The smallest absolute Gasteiger partial charge is 0.270 e. The molecule has 0 spiro atoms. The van der Waals surface area contributed by atoms with Crippen molar-refractivity contribution in [2.75, 3.05) is 18.0 Å². The largest absolute Gasteiger partial charge is 1.00 e. The number of halogens is 1. The van der Waals surface area contributed by atoms with Crippen LogP contribution in [-0.4, -0.2) is 13.1 Å². The molecule has 0 amide bonds. The molecule has 0 atom stereocenters. The lowest BCUT2D eigenvalue weighted by Crippen LogP contribution is -3.00. The Morgan fingerprint density at radius 1 is 0.862 bits per heavy atom. The van der Waals surface area contributed by atoms with Gasteiger partial charge in [-0.3, -0.25) is 0 Å². The van der Waals surface area contributed by atoms with Crippen molar-refractivity contribution < 1.29 is 17.0 Å². The second-order valence-electron chi connectivity index (χ2n) is 7.17. The van der Waals surface area contributed by atoms with Crippen molar-refractivity contribution in [1.29, 1.82) is 0 Å². The van der Waals surface area contributed by atoms with Crippen molar-refractivity contribution in [3.8, 4) is 10.6 Å². The molecular weight excluding hydrogens is 396 g/mol. The molecule has 0 N–H and O–H groups in total. The Bertz CT molecular complexity index is 1070. The van der Waals surface area contributed by atoms with E-state index in [9.17, 15) is 0 Å². The maximum Gasteiger partial charge on any atom is 0.270 e. The second kappa shape index (κ2) is 9.43. The summed E-state index contributed by atoms with van der Waals surface area (Å²) in [5.41, 5.74) is 6.52. The number of fused-ring (bicyclic) bond motifs is 1. The number of nitrogens with zero attached hydrogens (tertiary/aromatic N) is 2. The van der Waals surface area contributed by atoms with Crippen molar-refractivity contribution >= 4 is 27.2 Å². The lowest BCUT2D eigenvalue weighted by Gasteiger charge is -2.20. The summed E-state index contributed by atoms with van der Waals surface area (Å²) in [4.78, 5) is 2.39. The van der Waals surface area contributed by atoms with Crippen LogP contribution >= 0.6 is 11.3 Å². The Labute approximate surface area is 183 Å². The fourth-order valence-electron chi connectivity index (χ4n) is 3.74. The minimum atomic E-state index is 0. The van der Waals surface area contributed by atoms with Gasteiger partial charge in [0, 0.05) is 30.4 Å². The van der Waals surface area contributed by atoms with Gasteiger partial charge in [-0.05, 0) is 56.7 Å². The lowest BCUT2D eigenvalue weighted by molar-refractivity contribution is -0.647. The van der Waals surface area contributed by atoms with E-state index in [0.717, 1.165) is 19.6 Å². The van der Waals surface area contributed by atoms with Crippen LogP contribution in [0, 0.1) is 6.92 Å². The van der Waals surface area contributed by atoms with E-state index < -0.39 is 0 Å². The molecule has 0 aliphatic heterocycles. The lowest BCUT2D eigenvalue weighted by atomic mass is 10.1. The molecule has 2 nitrogen and oxygen atoms in total. The predicted molar refractivity (Wildman–Crippen MR) is 121 cm³/mol. The van der Waals surface area contributed by atoms with Crippen LogP contribution in [0.4, 0.5) is 5.69 Å². The van der Waals surface area contributed by atoms with Gasteiger partial charge >= 0.3 is 0 Å². The Morgan fingerprint density at radius 2 is 1.55 bits per heavy atom. The first-order valence-electron chi connectivity index (χ1n) is 10.0. The number of hydrogen-bond donors (Lipinski definition) is 0. The van der Waals surface area contributed by atoms with Crippen molar-refractivity contribution in [1.82, 2.24) is 0 Å². The molecule has 0 saturated heterocycles. The molecule has 4 aromatic rings. The molecule has 4 rings (SSSR count). The van der Waals surface area contributed by atoms with Gasteiger partial charge in [0.15, 0.2) is 6.54 Å². The molecule has 1 aromatic heterocycles. The molecule has 0 bridgehead atoms. The highest BCUT2D eigenvalue weighted by atomic mass is 35.5. The molecule has 3 aromatic carbocycles. The van der Waals surface area contributed by atoms with Crippen LogP contribution in [0.1, 0.15) is 25.0 Å². The minimum Gasteiger partial charge on any atom is -1.00 e. The molecule has 150 valence electrons. The summed E-state index contributed by atoms with van der Waals surface area (Å²) in [5.74, 6) is 0. The van der Waals surface area contributed by atoms with Gasteiger partial charge in [-0.2, -0.15) is 4.57 Å². The van der Waals surface area contributed by atoms with Gasteiger partial charge in [-0.1, -0.05) is 47.7 Å². The van der Waals surface area contributed by atoms with Gasteiger partial charge in [0.05, 0.1) is 5.56 Å². The van der Waals surface area contributed by atoms with Gasteiger partial charge < -0.3 is 17.3 Å². The van der Waals surface area contributed by atoms with E-state index in [1.54, 1.807) is 0 Å². The summed E-state index contributed by atoms with van der Waals surface area (Å²) in [6.45, 7) is 9.54. The van der Waals surface area contributed by atoms with Crippen molar-refractivity contribution in [2.24, 2.45) is 0 Å². The summed E-state index contributed by atoms with van der Waals surface area (Å²) >= 11 is 1.89. The van der Waals surface area contributed by atoms with Crippen LogP contribution in [0.2, 0.25) is 0 Å². The maximum atomic E-state index is 2.46. The van der Waals surface area contributed by atoms with Crippen LogP contribution in [0.25, 0.3) is 20.8 Å². The molecule has 4 heteroatoms. The van der Waals surface area contributed by atoms with E-state index in [1.807, 2.05) is 11.3 Å². The number of thiazole rings is 1. The third-order valence-electron chi connectivity index (χ3n) is 5.28. The number of anilines is 1. The summed E-state index contributed by atoms with van der Waals surface area (Å²) in [6, 6.07) is 26.6. The molecular formula is C25H27ClN2S. The highest BCUT2D eigenvalue weighted by molar-refractivity contribution is 7.21. The molecule has 0 aliphatic rings. The first-order chi connectivity index (χ1) is 13.7. The normalized spacial score (nSPS) is 10.7. The topological polar surface area (TPSA) is 7.12 Å². The zero-order valence-electron chi connectivity index (χ0n) is 17.2. The van der Waals surface area contributed by atoms with Crippen molar-refractivity contribution in [2.45, 2.75) is 27.3 Å². The number of aromatic nitrogens is 1. The first-order valence-corrected chi connectivity index (χ1v) is 10.8. The second-order valence-corrected chi connectivity index (χ2v) is 8.20. The van der Waals surface area contributed by atoms with Crippen molar-refractivity contribution in [3.63, 3.8) is 0 Å². The highest BCUT2D eigenvalue weighted by Gasteiger charge is 2.22. The van der Waals surface area contributed by atoms with E-state index in [-0.39, 0.29) is 12.4 Å². The summed E-state index contributed by atoms with van der Waals surface area (Å²) in [6.07, 6.45) is 0. The first kappa shape index (κ1) is 21.4. The number of aryl methyl sites for hydroxylation is 1. The number of benzene rings is 3. The Kier molecular flexibility index (Phi) is 6.94. The average molecular weight is 423 g/mol. The number of rotatable bonds is 6. The van der Waals surface area contributed by atoms with Gasteiger partial charge in [-0.15, -0.1) is 0 Å². The summed E-state index contributed by atoms with van der Waals surface area (Å²) < 4.78 is 3.81. The minimum absolute atomic E-state index is 0. The third-order valence-corrected chi connectivity index (χ3v) is 6.48. The van der Waals surface area contributed by atoms with Gasteiger partial charge in [0.1, 0.15) is 4.70 Å². The molecule has 0 unspecified atom stereocenters. The van der Waals surface area contributed by atoms with E-state index in [1.165, 1.54) is 37.6 Å². The SMILES string of the molecule is CCN(CC)c1ccc(-c2sc3cc(C)ccc3[n+]2Cc2ccccc2)cc1.[Cl-]. The van der Waals surface area contributed by atoms with E-state index in [4.69, 9.17) is 0 Å². The quantitative estimate of drug-likeness (QED) is 0.433. The van der Waals surface area contributed by atoms with Gasteiger partial charge in [-0.25, -0.2) is 0 Å². The van der Waals surface area contributed by atoms with Gasteiger partial charge in [0.2, 0.25) is 5.52 Å². The van der Waals surface area contributed by atoms with Crippen LogP contribution in [0.5, 0.6) is 0 Å². The number of hydrogen-bond acceptors (Lipinski definition) is 2. The molecule has 0 saturated carbocycles. The molecule has 29 heavy (non-hydrogen) atoms. The average Bonchev–Trinajstić information content (AvgIpc) is 3.07. The maximum absolute atomic E-state index is 2.46. The van der Waals surface area contributed by atoms with Crippen molar-refractivity contribution in [3.05, 3.63) is 83.9 Å². The van der Waals surface area contributed by atoms with Crippen LogP contribution < -0.4 is 21.9 Å². The van der Waals surface area contributed by atoms with Crippen LogP contribution in [0.3, 0.4) is 0 Å². The monoisotopic (exact) mass is 422 g/mol. The van der Waals surface area contributed by atoms with E-state index in [2.05, 4.69) is 103 Å². The molecule has 0 radical (unpaired) electrons. The molecule has 0 fully saturated rings. The third kappa shape index (κ3) is 4.47. The summed E-state index contributed by atoms with van der Waals surface area (Å²) in [7, 11) is 0. The highest BCUT2D eigenvalue weighted by Crippen LogP contribution is 2.31. The molecule has 1 heterocycles. The van der Waals surface area contributed by atoms with E-state index >= 15 is 0 Å². The van der Waals surface area contributed by atoms with E-state index in [0.29, 0.717) is 0 Å². The van der Waals surface area contributed by atoms with Crippen LogP contribution in [-0.2, 0) is 6.54 Å². The van der Waals surface area contributed by atoms with Crippen LogP contribution in [0.15, 0.2) is 72.8 Å². The predicted octanol–water partition coefficient (Wildman–Crippen LogP) is 3.06. The zero-order valence-corrected chi connectivity index (χ0v) is 18.8.